The minimum atomic E-state index is -4.06. The summed E-state index contributed by atoms with van der Waals surface area (Å²) in [4.78, 5) is 11.2. The van der Waals surface area contributed by atoms with Crippen LogP contribution in [0.25, 0.3) is 0 Å². The molecule has 0 saturated carbocycles. The summed E-state index contributed by atoms with van der Waals surface area (Å²) >= 11 is 0. The number of carboxylic acids is 1. The molecule has 5 nitrogen and oxygen atoms in total. The Kier molecular flexibility index (Phi) is 4.80. The van der Waals surface area contributed by atoms with Gasteiger partial charge in [0, 0.05) is 0 Å². The first-order chi connectivity index (χ1) is 9.36. The largest absolute Gasteiger partial charge is 0.480 e. The van der Waals surface area contributed by atoms with Crippen LogP contribution in [-0.2, 0) is 14.8 Å². The highest BCUT2D eigenvalue weighted by molar-refractivity contribution is 7.89. The van der Waals surface area contributed by atoms with Gasteiger partial charge in [-0.2, -0.15) is 4.72 Å². The second-order valence-electron chi connectivity index (χ2n) is 6.13. The Morgan fingerprint density at radius 3 is 2.00 bits per heavy atom. The van der Waals surface area contributed by atoms with Crippen LogP contribution in [0.4, 0.5) is 4.39 Å². The third kappa shape index (κ3) is 4.01. The molecule has 0 spiro atoms. The molecule has 0 fully saturated rings. The molecule has 0 aliphatic heterocycles. The molecule has 0 saturated heterocycles. The first-order valence-corrected chi connectivity index (χ1v) is 7.86. The maximum atomic E-state index is 13.3. The summed E-state index contributed by atoms with van der Waals surface area (Å²) in [6, 6.07) is 0.925. The van der Waals surface area contributed by atoms with Gasteiger partial charge in [0.25, 0.3) is 0 Å². The van der Waals surface area contributed by atoms with Crippen molar-refractivity contribution in [2.24, 2.45) is 5.41 Å². The third-order valence-electron chi connectivity index (χ3n) is 3.08. The number of carboxylic acid groups (broad SMARTS) is 1. The number of hydrogen-bond acceptors (Lipinski definition) is 3. The van der Waals surface area contributed by atoms with Crippen LogP contribution in [0.15, 0.2) is 17.0 Å². The molecule has 0 aromatic heterocycles. The van der Waals surface area contributed by atoms with Gasteiger partial charge in [0.2, 0.25) is 10.0 Å². The van der Waals surface area contributed by atoms with Crippen molar-refractivity contribution in [2.45, 2.75) is 45.6 Å². The van der Waals surface area contributed by atoms with Crippen LogP contribution >= 0.6 is 0 Å². The highest BCUT2D eigenvalue weighted by atomic mass is 32.2. The predicted octanol–water partition coefficient (Wildman–Crippen LogP) is 2.22. The van der Waals surface area contributed by atoms with Crippen molar-refractivity contribution < 1.29 is 22.7 Å². The van der Waals surface area contributed by atoms with Crippen molar-refractivity contribution in [1.82, 2.24) is 4.72 Å². The van der Waals surface area contributed by atoms with Gasteiger partial charge in [0.05, 0.1) is 4.90 Å². The summed E-state index contributed by atoms with van der Waals surface area (Å²) in [5, 5.41) is 9.21. The second-order valence-corrected chi connectivity index (χ2v) is 7.78. The Bertz CT molecular complexity index is 639. The minimum absolute atomic E-state index is 0.0839. The fourth-order valence-corrected chi connectivity index (χ4v) is 3.98. The average molecular weight is 317 g/mol. The van der Waals surface area contributed by atoms with Gasteiger partial charge in [-0.3, -0.25) is 4.79 Å². The number of aliphatic carboxylic acids is 1. The Balaban J connectivity index is 3.33. The fourth-order valence-electron chi connectivity index (χ4n) is 2.13. The Morgan fingerprint density at radius 1 is 1.24 bits per heavy atom. The van der Waals surface area contributed by atoms with E-state index < -0.39 is 33.3 Å². The van der Waals surface area contributed by atoms with Gasteiger partial charge in [-0.1, -0.05) is 20.8 Å². The number of benzene rings is 1. The number of nitrogens with one attached hydrogen (secondary N) is 1. The molecule has 0 aliphatic rings. The Hall–Kier alpha value is -1.47. The standard InChI is InChI=1S/C14H20FNO4S/c1-8-6-10(15)7-9(2)11(8)21(19,20)16-12(13(17)18)14(3,4)5/h6-7,12,16H,1-5H3,(H,17,18)/t12-/m1/s1. The Morgan fingerprint density at radius 2 is 1.67 bits per heavy atom. The molecule has 0 heterocycles. The molecule has 0 radical (unpaired) electrons. The zero-order chi connectivity index (χ0) is 16.6. The van der Waals surface area contributed by atoms with Gasteiger partial charge in [0.1, 0.15) is 11.9 Å². The first-order valence-electron chi connectivity index (χ1n) is 6.38. The molecule has 1 aromatic rings. The van der Waals surface area contributed by atoms with Crippen molar-refractivity contribution in [3.05, 3.63) is 29.1 Å². The van der Waals surface area contributed by atoms with E-state index in [0.29, 0.717) is 0 Å². The van der Waals surface area contributed by atoms with E-state index >= 15 is 0 Å². The van der Waals surface area contributed by atoms with E-state index in [2.05, 4.69) is 4.72 Å². The van der Waals surface area contributed by atoms with E-state index in [0.717, 1.165) is 12.1 Å². The van der Waals surface area contributed by atoms with Crippen molar-refractivity contribution in [1.29, 1.82) is 0 Å². The summed E-state index contributed by atoms with van der Waals surface area (Å²) in [5.41, 5.74) is -0.336. The van der Waals surface area contributed by atoms with Gasteiger partial charge in [0.15, 0.2) is 0 Å². The number of sulfonamides is 1. The molecular formula is C14H20FNO4S. The lowest BCUT2D eigenvalue weighted by atomic mass is 9.88. The molecule has 7 heteroatoms. The van der Waals surface area contributed by atoms with Crippen LogP contribution in [0.2, 0.25) is 0 Å². The van der Waals surface area contributed by atoms with Crippen LogP contribution in [-0.4, -0.2) is 25.5 Å². The van der Waals surface area contributed by atoms with Gasteiger partial charge in [-0.15, -0.1) is 0 Å². The predicted molar refractivity (Wildman–Crippen MR) is 77.1 cm³/mol. The van der Waals surface area contributed by atoms with Gasteiger partial charge in [-0.05, 0) is 42.5 Å². The molecule has 1 aromatic carbocycles. The second kappa shape index (κ2) is 5.73. The summed E-state index contributed by atoms with van der Waals surface area (Å²) in [6.07, 6.45) is 0. The SMILES string of the molecule is Cc1cc(F)cc(C)c1S(=O)(=O)N[C@H](C(=O)O)C(C)(C)C. The highest BCUT2D eigenvalue weighted by Crippen LogP contribution is 2.25. The van der Waals surface area contributed by atoms with E-state index in [-0.39, 0.29) is 16.0 Å². The van der Waals surface area contributed by atoms with E-state index in [4.69, 9.17) is 0 Å². The monoisotopic (exact) mass is 317 g/mol. The molecule has 0 amide bonds. The van der Waals surface area contributed by atoms with Crippen LogP contribution < -0.4 is 4.72 Å². The van der Waals surface area contributed by atoms with Crippen molar-refractivity contribution in [3.63, 3.8) is 0 Å². The van der Waals surface area contributed by atoms with Crippen molar-refractivity contribution >= 4 is 16.0 Å². The van der Waals surface area contributed by atoms with E-state index in [1.807, 2.05) is 0 Å². The Labute approximate surface area is 124 Å². The number of aryl methyl sites for hydroxylation is 2. The number of halogens is 1. The molecule has 0 bridgehead atoms. The van der Waals surface area contributed by atoms with Crippen molar-refractivity contribution in [2.75, 3.05) is 0 Å². The average Bonchev–Trinajstić information content (AvgIpc) is 2.21. The van der Waals surface area contributed by atoms with Gasteiger partial charge in [-0.25, -0.2) is 12.8 Å². The normalized spacial score (nSPS) is 14.0. The fraction of sp³-hybridized carbons (Fsp3) is 0.500. The number of rotatable bonds is 4. The van der Waals surface area contributed by atoms with E-state index in [1.165, 1.54) is 13.8 Å². The summed E-state index contributed by atoms with van der Waals surface area (Å²) in [6.45, 7) is 7.81. The van der Waals surface area contributed by atoms with Crippen LogP contribution in [0.1, 0.15) is 31.9 Å². The maximum absolute atomic E-state index is 13.3. The van der Waals surface area contributed by atoms with Crippen LogP contribution in [0, 0.1) is 25.1 Å². The molecule has 1 atom stereocenters. The van der Waals surface area contributed by atoms with E-state index in [1.54, 1.807) is 20.8 Å². The number of carbonyl (C=O) groups is 1. The zero-order valence-corrected chi connectivity index (χ0v) is 13.5. The molecule has 1 rings (SSSR count). The maximum Gasteiger partial charge on any atom is 0.322 e. The molecular weight excluding hydrogens is 297 g/mol. The highest BCUT2D eigenvalue weighted by Gasteiger charge is 2.36. The molecule has 0 aliphatic carbocycles. The summed E-state index contributed by atoms with van der Waals surface area (Å²) < 4.78 is 40.4. The topological polar surface area (TPSA) is 83.5 Å². The third-order valence-corrected chi connectivity index (χ3v) is 4.81. The van der Waals surface area contributed by atoms with Crippen LogP contribution in [0.5, 0.6) is 0 Å². The molecule has 0 unspecified atom stereocenters. The zero-order valence-electron chi connectivity index (χ0n) is 12.7. The lowest BCUT2D eigenvalue weighted by Gasteiger charge is -2.28. The van der Waals surface area contributed by atoms with Gasteiger partial charge < -0.3 is 5.11 Å². The van der Waals surface area contributed by atoms with Gasteiger partial charge >= 0.3 is 5.97 Å². The number of hydrogen-bond donors (Lipinski definition) is 2. The van der Waals surface area contributed by atoms with Crippen molar-refractivity contribution in [3.8, 4) is 0 Å². The lowest BCUT2D eigenvalue weighted by molar-refractivity contribution is -0.141. The summed E-state index contributed by atoms with van der Waals surface area (Å²) in [7, 11) is -4.06. The lowest BCUT2D eigenvalue weighted by Crippen LogP contribution is -2.49. The molecule has 2 N–H and O–H groups in total. The molecule has 21 heavy (non-hydrogen) atoms. The minimum Gasteiger partial charge on any atom is -0.480 e. The first kappa shape index (κ1) is 17.6. The summed E-state index contributed by atoms with van der Waals surface area (Å²) in [5.74, 6) is -1.79. The molecule has 118 valence electrons. The van der Waals surface area contributed by atoms with Crippen LogP contribution in [0.3, 0.4) is 0 Å². The smallest absolute Gasteiger partial charge is 0.322 e. The quantitative estimate of drug-likeness (QED) is 0.892. The van der Waals surface area contributed by atoms with E-state index in [9.17, 15) is 22.7 Å².